The Balaban J connectivity index is 1.85. The molecule has 21 heavy (non-hydrogen) atoms. The van der Waals surface area contributed by atoms with Crippen LogP contribution >= 0.6 is 0 Å². The van der Waals surface area contributed by atoms with Gasteiger partial charge in [0.05, 0.1) is 6.61 Å². The highest BCUT2D eigenvalue weighted by atomic mass is 16.3. The van der Waals surface area contributed by atoms with Gasteiger partial charge in [0.1, 0.15) is 0 Å². The molecular formula is C17H24N2O2. The largest absolute Gasteiger partial charge is 0.399 e. The number of nitrogens with two attached hydrogens (primary N) is 1. The minimum Gasteiger partial charge on any atom is -0.399 e. The lowest BCUT2D eigenvalue weighted by atomic mass is 9.74. The second-order valence-electron chi connectivity index (χ2n) is 5.94. The topological polar surface area (TPSA) is 75.4 Å². The number of aliphatic hydroxyl groups is 1. The van der Waals surface area contributed by atoms with Crippen LogP contribution in [0.5, 0.6) is 0 Å². The first-order valence-electron chi connectivity index (χ1n) is 7.56. The SMILES string of the molecule is Nc1ccc(/C=C/C(=O)NCC2(CO)CCCCC2)cc1. The second kappa shape index (κ2) is 7.27. The van der Waals surface area contributed by atoms with Crippen molar-refractivity contribution in [1.82, 2.24) is 5.32 Å². The summed E-state index contributed by atoms with van der Waals surface area (Å²) in [5, 5.41) is 12.5. The molecule has 1 amide bonds. The van der Waals surface area contributed by atoms with Crippen LogP contribution in [0, 0.1) is 5.41 Å². The number of hydrogen-bond acceptors (Lipinski definition) is 3. The first-order valence-corrected chi connectivity index (χ1v) is 7.56. The molecule has 4 N–H and O–H groups in total. The number of hydrogen-bond donors (Lipinski definition) is 3. The van der Waals surface area contributed by atoms with Crippen molar-refractivity contribution in [3.8, 4) is 0 Å². The van der Waals surface area contributed by atoms with Crippen molar-refractivity contribution in [2.24, 2.45) is 5.41 Å². The van der Waals surface area contributed by atoms with E-state index in [1.165, 1.54) is 12.5 Å². The van der Waals surface area contributed by atoms with Crippen LogP contribution in [0.25, 0.3) is 6.08 Å². The van der Waals surface area contributed by atoms with Crippen molar-refractivity contribution in [1.29, 1.82) is 0 Å². The molecule has 4 heteroatoms. The monoisotopic (exact) mass is 288 g/mol. The maximum atomic E-state index is 11.9. The van der Waals surface area contributed by atoms with Crippen LogP contribution in [0.15, 0.2) is 30.3 Å². The van der Waals surface area contributed by atoms with Crippen molar-refractivity contribution in [2.45, 2.75) is 32.1 Å². The van der Waals surface area contributed by atoms with Gasteiger partial charge in [0.25, 0.3) is 0 Å². The Hall–Kier alpha value is -1.81. The van der Waals surface area contributed by atoms with Crippen LogP contribution in [0.1, 0.15) is 37.7 Å². The molecule has 4 nitrogen and oxygen atoms in total. The standard InChI is InChI=1S/C17H24N2O2/c18-15-7-4-14(5-8-15)6-9-16(21)19-12-17(13-20)10-2-1-3-11-17/h4-9,20H,1-3,10-13,18H2,(H,19,21)/b9-6+. The Kier molecular flexibility index (Phi) is 5.39. The van der Waals surface area contributed by atoms with E-state index in [-0.39, 0.29) is 17.9 Å². The van der Waals surface area contributed by atoms with Gasteiger partial charge in [0.15, 0.2) is 0 Å². The number of carbonyl (C=O) groups excluding carboxylic acids is 1. The molecule has 1 aliphatic rings. The summed E-state index contributed by atoms with van der Waals surface area (Å²) in [6, 6.07) is 7.35. The summed E-state index contributed by atoms with van der Waals surface area (Å²) in [5.41, 5.74) is 7.14. The zero-order valence-corrected chi connectivity index (χ0v) is 12.3. The Morgan fingerprint density at radius 1 is 1.24 bits per heavy atom. The van der Waals surface area contributed by atoms with Crippen molar-refractivity contribution in [3.63, 3.8) is 0 Å². The van der Waals surface area contributed by atoms with E-state index in [0.717, 1.165) is 31.2 Å². The third-order valence-electron chi connectivity index (χ3n) is 4.25. The van der Waals surface area contributed by atoms with Crippen LogP contribution in [0.2, 0.25) is 0 Å². The van der Waals surface area contributed by atoms with E-state index < -0.39 is 0 Å². The molecule has 0 aromatic heterocycles. The minimum absolute atomic E-state index is 0.120. The van der Waals surface area contributed by atoms with E-state index in [9.17, 15) is 9.90 Å². The van der Waals surface area contributed by atoms with Gasteiger partial charge in [0, 0.05) is 23.7 Å². The van der Waals surface area contributed by atoms with Gasteiger partial charge in [-0.2, -0.15) is 0 Å². The Labute approximate surface area is 126 Å². The van der Waals surface area contributed by atoms with Crippen LogP contribution in [-0.2, 0) is 4.79 Å². The number of aliphatic hydroxyl groups excluding tert-OH is 1. The average Bonchev–Trinajstić information content (AvgIpc) is 2.53. The van der Waals surface area contributed by atoms with E-state index in [1.54, 1.807) is 18.2 Å². The fraction of sp³-hybridized carbons (Fsp3) is 0.471. The molecule has 1 aromatic rings. The van der Waals surface area contributed by atoms with E-state index >= 15 is 0 Å². The highest BCUT2D eigenvalue weighted by molar-refractivity contribution is 5.91. The summed E-state index contributed by atoms with van der Waals surface area (Å²) in [4.78, 5) is 11.9. The van der Waals surface area contributed by atoms with E-state index in [4.69, 9.17) is 5.73 Å². The maximum absolute atomic E-state index is 11.9. The zero-order valence-electron chi connectivity index (χ0n) is 12.3. The van der Waals surface area contributed by atoms with Crippen LogP contribution in [0.4, 0.5) is 5.69 Å². The number of benzene rings is 1. The van der Waals surface area contributed by atoms with Crippen LogP contribution < -0.4 is 11.1 Å². The molecule has 0 atom stereocenters. The van der Waals surface area contributed by atoms with Gasteiger partial charge in [-0.25, -0.2) is 0 Å². The molecule has 0 saturated heterocycles. The smallest absolute Gasteiger partial charge is 0.244 e. The van der Waals surface area contributed by atoms with Gasteiger partial charge in [-0.1, -0.05) is 31.4 Å². The molecule has 0 bridgehead atoms. The first kappa shape index (κ1) is 15.6. The Morgan fingerprint density at radius 2 is 1.90 bits per heavy atom. The van der Waals surface area contributed by atoms with Gasteiger partial charge >= 0.3 is 0 Å². The Morgan fingerprint density at radius 3 is 2.52 bits per heavy atom. The van der Waals surface area contributed by atoms with Crippen molar-refractivity contribution in [3.05, 3.63) is 35.9 Å². The number of rotatable bonds is 5. The number of amides is 1. The zero-order chi connectivity index (χ0) is 15.1. The molecule has 0 unspecified atom stereocenters. The average molecular weight is 288 g/mol. The van der Waals surface area contributed by atoms with Crippen molar-refractivity contribution >= 4 is 17.7 Å². The highest BCUT2D eigenvalue weighted by Gasteiger charge is 2.31. The van der Waals surface area contributed by atoms with E-state index in [2.05, 4.69) is 5.32 Å². The molecule has 114 valence electrons. The number of carbonyl (C=O) groups is 1. The van der Waals surface area contributed by atoms with Gasteiger partial charge < -0.3 is 16.2 Å². The Bertz CT molecular complexity index is 488. The summed E-state index contributed by atoms with van der Waals surface area (Å²) >= 11 is 0. The quantitative estimate of drug-likeness (QED) is 0.575. The lowest BCUT2D eigenvalue weighted by molar-refractivity contribution is -0.117. The molecule has 1 aliphatic carbocycles. The van der Waals surface area contributed by atoms with Crippen molar-refractivity contribution < 1.29 is 9.90 Å². The number of nitrogen functional groups attached to an aromatic ring is 1. The molecule has 1 aromatic carbocycles. The lowest BCUT2D eigenvalue weighted by Crippen LogP contribution is -2.40. The molecule has 1 saturated carbocycles. The van der Waals surface area contributed by atoms with Gasteiger partial charge in [-0.3, -0.25) is 4.79 Å². The highest BCUT2D eigenvalue weighted by Crippen LogP contribution is 2.35. The van der Waals surface area contributed by atoms with Gasteiger partial charge in [0.2, 0.25) is 5.91 Å². The third kappa shape index (κ3) is 4.60. The maximum Gasteiger partial charge on any atom is 0.244 e. The first-order chi connectivity index (χ1) is 10.1. The van der Waals surface area contributed by atoms with Crippen LogP contribution in [0.3, 0.4) is 0 Å². The number of anilines is 1. The lowest BCUT2D eigenvalue weighted by Gasteiger charge is -2.35. The summed E-state index contributed by atoms with van der Waals surface area (Å²) in [6.07, 6.45) is 8.78. The second-order valence-corrected chi connectivity index (χ2v) is 5.94. The summed E-state index contributed by atoms with van der Waals surface area (Å²) in [6.45, 7) is 0.698. The molecule has 0 spiro atoms. The molecule has 0 radical (unpaired) electrons. The minimum atomic E-state index is -0.122. The van der Waals surface area contributed by atoms with E-state index in [1.807, 2.05) is 12.1 Å². The summed E-state index contributed by atoms with van der Waals surface area (Å²) < 4.78 is 0. The number of nitrogens with one attached hydrogen (secondary N) is 1. The predicted molar refractivity (Wildman–Crippen MR) is 85.5 cm³/mol. The fourth-order valence-electron chi connectivity index (χ4n) is 2.81. The summed E-state index contributed by atoms with van der Waals surface area (Å²) in [5.74, 6) is -0.120. The molecule has 0 heterocycles. The third-order valence-corrected chi connectivity index (χ3v) is 4.25. The normalized spacial score (nSPS) is 17.8. The summed E-state index contributed by atoms with van der Waals surface area (Å²) in [7, 11) is 0. The molecule has 1 fully saturated rings. The molecule has 2 rings (SSSR count). The van der Waals surface area contributed by atoms with Crippen LogP contribution in [-0.4, -0.2) is 24.2 Å². The van der Waals surface area contributed by atoms with Crippen molar-refractivity contribution in [2.75, 3.05) is 18.9 Å². The fourth-order valence-corrected chi connectivity index (χ4v) is 2.81. The predicted octanol–water partition coefficient (Wildman–Crippen LogP) is 2.34. The molecular weight excluding hydrogens is 264 g/mol. The van der Waals surface area contributed by atoms with E-state index in [0.29, 0.717) is 12.2 Å². The van der Waals surface area contributed by atoms with Gasteiger partial charge in [-0.15, -0.1) is 0 Å². The molecule has 0 aliphatic heterocycles. The van der Waals surface area contributed by atoms with Gasteiger partial charge in [-0.05, 0) is 36.6 Å².